The molecular formula is C24H28N4O3S. The van der Waals surface area contributed by atoms with Crippen molar-refractivity contribution in [1.29, 1.82) is 0 Å². The molecule has 7 nitrogen and oxygen atoms in total. The van der Waals surface area contributed by atoms with Gasteiger partial charge >= 0.3 is 0 Å². The molecule has 0 spiro atoms. The van der Waals surface area contributed by atoms with E-state index < -0.39 is 0 Å². The Kier molecular flexibility index (Phi) is 7.94. The molecule has 1 atom stereocenters. The molecule has 0 radical (unpaired) electrons. The van der Waals surface area contributed by atoms with Crippen LogP contribution in [0.4, 0.5) is 5.69 Å². The second-order valence-corrected chi connectivity index (χ2v) is 8.25. The van der Waals surface area contributed by atoms with Crippen LogP contribution in [-0.4, -0.2) is 33.5 Å². The Labute approximate surface area is 192 Å². The number of hydrogen-bond donors (Lipinski definition) is 1. The molecule has 0 aliphatic carbocycles. The molecule has 1 amide bonds. The van der Waals surface area contributed by atoms with Crippen molar-refractivity contribution in [3.63, 3.8) is 0 Å². The number of anilines is 1. The number of methoxy groups -OCH3 is 1. The van der Waals surface area contributed by atoms with Crippen molar-refractivity contribution in [2.75, 3.05) is 18.2 Å². The molecule has 0 bridgehead atoms. The number of carbonyl (C=O) groups excluding carboxylic acids is 1. The van der Waals surface area contributed by atoms with Gasteiger partial charge in [-0.25, -0.2) is 0 Å². The van der Waals surface area contributed by atoms with Crippen molar-refractivity contribution in [3.05, 3.63) is 72.1 Å². The van der Waals surface area contributed by atoms with Crippen molar-refractivity contribution in [2.24, 2.45) is 0 Å². The summed E-state index contributed by atoms with van der Waals surface area (Å²) in [7, 11) is 1.60. The average molecular weight is 453 g/mol. The summed E-state index contributed by atoms with van der Waals surface area (Å²) < 4.78 is 13.3. The van der Waals surface area contributed by atoms with Gasteiger partial charge in [-0.15, -0.1) is 16.8 Å². The maximum atomic E-state index is 12.5. The van der Waals surface area contributed by atoms with Crippen LogP contribution in [0.5, 0.6) is 11.5 Å². The standard InChI is InChI=1S/C24H28N4O3S/c1-6-13-28-23(18(4)31-21-10-8-7-9-20(21)30-5)26-27-24(28)32-15-22(29)25-19-14-16(2)11-12-17(19)3/h6-12,14,18H,1,13,15H2,2-5H3,(H,25,29). The van der Waals surface area contributed by atoms with Crippen LogP contribution in [-0.2, 0) is 11.3 Å². The lowest BCUT2D eigenvalue weighted by atomic mass is 10.1. The number of amides is 1. The van der Waals surface area contributed by atoms with Crippen LogP contribution < -0.4 is 14.8 Å². The summed E-state index contributed by atoms with van der Waals surface area (Å²) in [6.07, 6.45) is 1.39. The van der Waals surface area contributed by atoms with E-state index in [-0.39, 0.29) is 17.8 Å². The predicted molar refractivity (Wildman–Crippen MR) is 128 cm³/mol. The molecule has 1 aromatic heterocycles. The van der Waals surface area contributed by atoms with Gasteiger partial charge < -0.3 is 14.8 Å². The van der Waals surface area contributed by atoms with Gasteiger partial charge in [0.2, 0.25) is 5.91 Å². The lowest BCUT2D eigenvalue weighted by Gasteiger charge is -2.17. The molecule has 168 valence electrons. The van der Waals surface area contributed by atoms with Crippen LogP contribution in [0, 0.1) is 13.8 Å². The van der Waals surface area contributed by atoms with Gasteiger partial charge in [0.05, 0.1) is 12.9 Å². The Hall–Kier alpha value is -3.26. The van der Waals surface area contributed by atoms with E-state index in [2.05, 4.69) is 22.1 Å². The van der Waals surface area contributed by atoms with E-state index in [1.54, 1.807) is 13.2 Å². The minimum Gasteiger partial charge on any atom is -0.493 e. The first kappa shape index (κ1) is 23.4. The predicted octanol–water partition coefficient (Wildman–Crippen LogP) is 4.96. The maximum absolute atomic E-state index is 12.5. The minimum atomic E-state index is -0.378. The molecule has 0 saturated heterocycles. The molecule has 32 heavy (non-hydrogen) atoms. The zero-order chi connectivity index (χ0) is 23.1. The molecule has 0 aliphatic heterocycles. The molecule has 1 unspecified atom stereocenters. The molecular weight excluding hydrogens is 424 g/mol. The van der Waals surface area contributed by atoms with Crippen molar-refractivity contribution < 1.29 is 14.3 Å². The number of aryl methyl sites for hydroxylation is 2. The normalized spacial score (nSPS) is 11.6. The average Bonchev–Trinajstić information content (AvgIpc) is 3.18. The largest absolute Gasteiger partial charge is 0.493 e. The molecule has 2 aromatic carbocycles. The van der Waals surface area contributed by atoms with Gasteiger partial charge in [0.25, 0.3) is 0 Å². The third-order valence-corrected chi connectivity index (χ3v) is 5.76. The molecule has 0 saturated carbocycles. The fourth-order valence-electron chi connectivity index (χ4n) is 3.15. The van der Waals surface area contributed by atoms with Gasteiger partial charge in [-0.1, -0.05) is 42.1 Å². The number of aromatic nitrogens is 3. The van der Waals surface area contributed by atoms with Crippen LogP contribution in [0.25, 0.3) is 0 Å². The summed E-state index contributed by atoms with van der Waals surface area (Å²) >= 11 is 1.33. The van der Waals surface area contributed by atoms with E-state index in [0.29, 0.717) is 29.0 Å². The van der Waals surface area contributed by atoms with Gasteiger partial charge in [-0.05, 0) is 50.1 Å². The number of para-hydroxylation sites is 2. The van der Waals surface area contributed by atoms with Crippen LogP contribution in [0.1, 0.15) is 30.0 Å². The fourth-order valence-corrected chi connectivity index (χ4v) is 3.91. The molecule has 8 heteroatoms. The van der Waals surface area contributed by atoms with Crippen molar-refractivity contribution in [2.45, 2.75) is 38.6 Å². The van der Waals surface area contributed by atoms with E-state index in [1.807, 2.05) is 67.8 Å². The van der Waals surface area contributed by atoms with E-state index in [9.17, 15) is 4.79 Å². The third kappa shape index (κ3) is 5.70. The van der Waals surface area contributed by atoms with Crippen LogP contribution in [0.3, 0.4) is 0 Å². The summed E-state index contributed by atoms with van der Waals surface area (Å²) in [5, 5.41) is 12.2. The lowest BCUT2D eigenvalue weighted by molar-refractivity contribution is -0.113. The number of rotatable bonds is 10. The summed E-state index contributed by atoms with van der Waals surface area (Å²) in [5.74, 6) is 2.03. The van der Waals surface area contributed by atoms with Crippen molar-refractivity contribution in [1.82, 2.24) is 14.8 Å². The van der Waals surface area contributed by atoms with Gasteiger partial charge in [-0.2, -0.15) is 0 Å². The maximum Gasteiger partial charge on any atom is 0.234 e. The molecule has 3 rings (SSSR count). The Morgan fingerprint density at radius 2 is 1.97 bits per heavy atom. The Bertz CT molecular complexity index is 1100. The Morgan fingerprint density at radius 1 is 1.22 bits per heavy atom. The second kappa shape index (κ2) is 10.9. The SMILES string of the molecule is C=CCn1c(SCC(=O)Nc2cc(C)ccc2C)nnc1C(C)Oc1ccccc1OC. The van der Waals surface area contributed by atoms with Gasteiger partial charge in [0.1, 0.15) is 0 Å². The van der Waals surface area contributed by atoms with Crippen molar-refractivity contribution in [3.8, 4) is 11.5 Å². The van der Waals surface area contributed by atoms with Crippen LogP contribution in [0.15, 0.2) is 60.3 Å². The summed E-state index contributed by atoms with van der Waals surface area (Å²) in [6.45, 7) is 10.2. The van der Waals surface area contributed by atoms with E-state index in [1.165, 1.54) is 11.8 Å². The molecule has 1 heterocycles. The van der Waals surface area contributed by atoms with Gasteiger partial charge in [-0.3, -0.25) is 9.36 Å². The first-order chi connectivity index (χ1) is 15.4. The molecule has 3 aromatic rings. The molecule has 0 fully saturated rings. The van der Waals surface area contributed by atoms with Gasteiger partial charge in [0, 0.05) is 12.2 Å². The number of thioether (sulfide) groups is 1. The number of nitrogens with zero attached hydrogens (tertiary/aromatic N) is 3. The Morgan fingerprint density at radius 3 is 2.69 bits per heavy atom. The van der Waals surface area contributed by atoms with Crippen LogP contribution >= 0.6 is 11.8 Å². The summed E-state index contributed by atoms with van der Waals surface area (Å²) in [4.78, 5) is 12.5. The van der Waals surface area contributed by atoms with Crippen LogP contribution in [0.2, 0.25) is 0 Å². The first-order valence-corrected chi connectivity index (χ1v) is 11.2. The third-order valence-electron chi connectivity index (χ3n) is 4.79. The number of benzene rings is 2. The molecule has 1 N–H and O–H groups in total. The molecule has 0 aliphatic rings. The fraction of sp³-hybridized carbons (Fsp3) is 0.292. The quantitative estimate of drug-likeness (QED) is 0.346. The highest BCUT2D eigenvalue weighted by molar-refractivity contribution is 7.99. The summed E-state index contributed by atoms with van der Waals surface area (Å²) in [6, 6.07) is 13.4. The smallest absolute Gasteiger partial charge is 0.234 e. The topological polar surface area (TPSA) is 78.3 Å². The van der Waals surface area contributed by atoms with E-state index in [0.717, 1.165) is 16.8 Å². The highest BCUT2D eigenvalue weighted by atomic mass is 32.2. The zero-order valence-corrected chi connectivity index (χ0v) is 19.6. The van der Waals surface area contributed by atoms with E-state index in [4.69, 9.17) is 9.47 Å². The number of hydrogen-bond acceptors (Lipinski definition) is 6. The monoisotopic (exact) mass is 452 g/mol. The highest BCUT2D eigenvalue weighted by Gasteiger charge is 2.21. The first-order valence-electron chi connectivity index (χ1n) is 10.3. The zero-order valence-electron chi connectivity index (χ0n) is 18.8. The summed E-state index contributed by atoms with van der Waals surface area (Å²) in [5.41, 5.74) is 2.94. The second-order valence-electron chi connectivity index (χ2n) is 7.31. The highest BCUT2D eigenvalue weighted by Crippen LogP contribution is 2.31. The Balaban J connectivity index is 1.70. The lowest BCUT2D eigenvalue weighted by Crippen LogP contribution is -2.16. The number of ether oxygens (including phenoxy) is 2. The minimum absolute atomic E-state index is 0.100. The number of carbonyl (C=O) groups is 1. The number of allylic oxidation sites excluding steroid dienone is 1. The van der Waals surface area contributed by atoms with Gasteiger partial charge in [0.15, 0.2) is 28.6 Å². The number of nitrogens with one attached hydrogen (secondary N) is 1. The van der Waals surface area contributed by atoms with Crippen molar-refractivity contribution >= 4 is 23.4 Å². The van der Waals surface area contributed by atoms with E-state index >= 15 is 0 Å².